The minimum atomic E-state index is -0.202. The molecule has 2 N–H and O–H groups in total. The minimum absolute atomic E-state index is 0.202. The number of carbonyl (C=O) groups excluding carboxylic acids is 1. The molecule has 0 unspecified atom stereocenters. The van der Waals surface area contributed by atoms with Gasteiger partial charge in [-0.1, -0.05) is 36.4 Å². The van der Waals surface area contributed by atoms with Crippen molar-refractivity contribution in [3.63, 3.8) is 0 Å². The molecule has 0 saturated carbocycles. The number of benzene rings is 2. The lowest BCUT2D eigenvalue weighted by atomic mass is 10.1. The summed E-state index contributed by atoms with van der Waals surface area (Å²) in [5.41, 5.74) is 2.39. The number of nitrogens with one attached hydrogen (secondary N) is 2. The molecule has 0 saturated heterocycles. The smallest absolute Gasteiger partial charge is 0.257 e. The van der Waals surface area contributed by atoms with Gasteiger partial charge >= 0.3 is 0 Å². The van der Waals surface area contributed by atoms with Gasteiger partial charge in [-0.15, -0.1) is 0 Å². The summed E-state index contributed by atoms with van der Waals surface area (Å²) in [5, 5.41) is 5.92. The first-order valence-electron chi connectivity index (χ1n) is 5.90. The summed E-state index contributed by atoms with van der Waals surface area (Å²) in [6.07, 6.45) is 0. The highest BCUT2D eigenvalue weighted by Crippen LogP contribution is 2.07. The Kier molecular flexibility index (Phi) is 4.26. The molecular weight excluding hydrogens is 256 g/mol. The normalized spacial score (nSPS) is 9.74. The fraction of sp³-hybridized carbons (Fsp3) is 0.0667. The summed E-state index contributed by atoms with van der Waals surface area (Å²) in [6.45, 7) is 1.89. The lowest BCUT2D eigenvalue weighted by Crippen LogP contribution is -2.34. The van der Waals surface area contributed by atoms with Crippen LogP contribution in [0.4, 0.5) is 5.69 Å². The van der Waals surface area contributed by atoms with E-state index in [2.05, 4.69) is 10.6 Å². The van der Waals surface area contributed by atoms with Crippen LogP contribution in [0.15, 0.2) is 54.6 Å². The zero-order valence-electron chi connectivity index (χ0n) is 10.5. The summed E-state index contributed by atoms with van der Waals surface area (Å²) < 4.78 is 0. The molecular formula is C15H14N2OS. The van der Waals surface area contributed by atoms with E-state index >= 15 is 0 Å². The number of hydrogen-bond acceptors (Lipinski definition) is 2. The molecule has 2 aromatic rings. The van der Waals surface area contributed by atoms with Gasteiger partial charge in [-0.25, -0.2) is 0 Å². The van der Waals surface area contributed by atoms with Crippen LogP contribution in [-0.4, -0.2) is 11.0 Å². The standard InChI is InChI=1S/C15H14N2OS/c1-11-7-5-6-10-13(11)14(18)17-15(19)16-12-8-3-2-4-9-12/h2-10H,1H3,(H2,16,17,18,19). The molecule has 4 heteroatoms. The third kappa shape index (κ3) is 3.63. The van der Waals surface area contributed by atoms with Crippen molar-refractivity contribution in [3.8, 4) is 0 Å². The monoisotopic (exact) mass is 270 g/mol. The maximum absolute atomic E-state index is 12.0. The Morgan fingerprint density at radius 1 is 1.00 bits per heavy atom. The van der Waals surface area contributed by atoms with Crippen molar-refractivity contribution in [2.24, 2.45) is 0 Å². The van der Waals surface area contributed by atoms with Crippen molar-refractivity contribution >= 4 is 28.9 Å². The molecule has 0 radical (unpaired) electrons. The quantitative estimate of drug-likeness (QED) is 0.824. The van der Waals surface area contributed by atoms with Gasteiger partial charge in [0, 0.05) is 11.3 Å². The van der Waals surface area contributed by atoms with Crippen LogP contribution in [-0.2, 0) is 0 Å². The summed E-state index contributed by atoms with van der Waals surface area (Å²) in [6, 6.07) is 16.9. The van der Waals surface area contributed by atoms with E-state index in [1.807, 2.05) is 55.5 Å². The molecule has 3 nitrogen and oxygen atoms in total. The van der Waals surface area contributed by atoms with Gasteiger partial charge < -0.3 is 5.32 Å². The molecule has 2 rings (SSSR count). The Balaban J connectivity index is 2.00. The van der Waals surface area contributed by atoms with Crippen LogP contribution in [0.5, 0.6) is 0 Å². The molecule has 0 atom stereocenters. The van der Waals surface area contributed by atoms with Crippen LogP contribution in [0, 0.1) is 6.92 Å². The fourth-order valence-corrected chi connectivity index (χ4v) is 1.89. The Morgan fingerprint density at radius 2 is 1.63 bits per heavy atom. The molecule has 0 fully saturated rings. The van der Waals surface area contributed by atoms with E-state index in [1.165, 1.54) is 0 Å². The highest BCUT2D eigenvalue weighted by atomic mass is 32.1. The third-order valence-corrected chi connectivity index (χ3v) is 2.85. The number of carbonyl (C=O) groups is 1. The van der Waals surface area contributed by atoms with Gasteiger partial charge in [0.25, 0.3) is 5.91 Å². The number of amides is 1. The van der Waals surface area contributed by atoms with E-state index in [4.69, 9.17) is 12.2 Å². The maximum atomic E-state index is 12.0. The second-order valence-electron chi connectivity index (χ2n) is 4.09. The van der Waals surface area contributed by atoms with E-state index < -0.39 is 0 Å². The van der Waals surface area contributed by atoms with Gasteiger partial charge in [0.05, 0.1) is 0 Å². The largest absolute Gasteiger partial charge is 0.332 e. The molecule has 19 heavy (non-hydrogen) atoms. The van der Waals surface area contributed by atoms with Crippen molar-refractivity contribution in [1.29, 1.82) is 0 Å². The van der Waals surface area contributed by atoms with Gasteiger partial charge in [0.1, 0.15) is 0 Å². The first kappa shape index (κ1) is 13.2. The van der Waals surface area contributed by atoms with Crippen LogP contribution in [0.25, 0.3) is 0 Å². The number of rotatable bonds is 2. The van der Waals surface area contributed by atoms with Crippen LogP contribution >= 0.6 is 12.2 Å². The Labute approximate surface area is 117 Å². The van der Waals surface area contributed by atoms with Gasteiger partial charge in [-0.2, -0.15) is 0 Å². The Bertz CT molecular complexity index is 596. The fourth-order valence-electron chi connectivity index (χ4n) is 1.68. The first-order chi connectivity index (χ1) is 9.16. The van der Waals surface area contributed by atoms with E-state index in [0.717, 1.165) is 11.3 Å². The zero-order chi connectivity index (χ0) is 13.7. The molecule has 0 aliphatic heterocycles. The Morgan fingerprint density at radius 3 is 2.32 bits per heavy atom. The molecule has 0 bridgehead atoms. The molecule has 0 aliphatic carbocycles. The molecule has 2 aromatic carbocycles. The van der Waals surface area contributed by atoms with Gasteiger partial charge in [0.15, 0.2) is 5.11 Å². The van der Waals surface area contributed by atoms with Crippen molar-refractivity contribution in [2.45, 2.75) is 6.92 Å². The highest BCUT2D eigenvalue weighted by molar-refractivity contribution is 7.80. The number of para-hydroxylation sites is 1. The van der Waals surface area contributed by atoms with Crippen LogP contribution in [0.1, 0.15) is 15.9 Å². The molecule has 0 aromatic heterocycles. The number of hydrogen-bond donors (Lipinski definition) is 2. The molecule has 0 spiro atoms. The Hall–Kier alpha value is -2.20. The summed E-state index contributed by atoms with van der Waals surface area (Å²) >= 11 is 5.11. The average molecular weight is 270 g/mol. The van der Waals surface area contributed by atoms with E-state index in [9.17, 15) is 4.79 Å². The minimum Gasteiger partial charge on any atom is -0.332 e. The van der Waals surface area contributed by atoms with Crippen LogP contribution < -0.4 is 10.6 Å². The molecule has 1 amide bonds. The van der Waals surface area contributed by atoms with Gasteiger partial charge in [-0.05, 0) is 42.9 Å². The van der Waals surface area contributed by atoms with Crippen molar-refractivity contribution in [3.05, 3.63) is 65.7 Å². The second-order valence-corrected chi connectivity index (χ2v) is 4.50. The van der Waals surface area contributed by atoms with Crippen molar-refractivity contribution < 1.29 is 4.79 Å². The van der Waals surface area contributed by atoms with E-state index in [1.54, 1.807) is 6.07 Å². The van der Waals surface area contributed by atoms with E-state index in [0.29, 0.717) is 10.7 Å². The topological polar surface area (TPSA) is 41.1 Å². The third-order valence-electron chi connectivity index (χ3n) is 2.65. The first-order valence-corrected chi connectivity index (χ1v) is 6.30. The van der Waals surface area contributed by atoms with Crippen molar-refractivity contribution in [2.75, 3.05) is 5.32 Å². The molecule has 0 heterocycles. The molecule has 0 aliphatic rings. The zero-order valence-corrected chi connectivity index (χ0v) is 11.3. The highest BCUT2D eigenvalue weighted by Gasteiger charge is 2.09. The lowest BCUT2D eigenvalue weighted by molar-refractivity contribution is 0.0977. The predicted octanol–water partition coefficient (Wildman–Crippen LogP) is 3.12. The maximum Gasteiger partial charge on any atom is 0.257 e. The van der Waals surface area contributed by atoms with E-state index in [-0.39, 0.29) is 5.91 Å². The average Bonchev–Trinajstić information content (AvgIpc) is 2.40. The van der Waals surface area contributed by atoms with Crippen LogP contribution in [0.2, 0.25) is 0 Å². The number of aryl methyl sites for hydroxylation is 1. The SMILES string of the molecule is Cc1ccccc1C(=O)NC(=S)Nc1ccccc1. The number of anilines is 1. The van der Waals surface area contributed by atoms with Gasteiger partial charge in [0.2, 0.25) is 0 Å². The van der Waals surface area contributed by atoms with Gasteiger partial charge in [-0.3, -0.25) is 10.1 Å². The summed E-state index contributed by atoms with van der Waals surface area (Å²) in [4.78, 5) is 12.0. The molecule has 96 valence electrons. The second kappa shape index (κ2) is 6.11. The summed E-state index contributed by atoms with van der Waals surface area (Å²) in [7, 11) is 0. The summed E-state index contributed by atoms with van der Waals surface area (Å²) in [5.74, 6) is -0.202. The van der Waals surface area contributed by atoms with Crippen LogP contribution in [0.3, 0.4) is 0 Å². The van der Waals surface area contributed by atoms with Crippen molar-refractivity contribution in [1.82, 2.24) is 5.32 Å². The predicted molar refractivity (Wildman–Crippen MR) is 81.3 cm³/mol. The number of thiocarbonyl (C=S) groups is 1. The lowest BCUT2D eigenvalue weighted by Gasteiger charge is -2.10.